The van der Waals surface area contributed by atoms with Crippen LogP contribution in [-0.2, 0) is 10.8 Å². The Hall–Kier alpha value is -1.47. The predicted octanol–water partition coefficient (Wildman–Crippen LogP) is 2.67. The molecule has 0 saturated carbocycles. The van der Waals surface area contributed by atoms with Crippen molar-refractivity contribution in [2.75, 3.05) is 24.2 Å². The van der Waals surface area contributed by atoms with E-state index in [4.69, 9.17) is 0 Å². The topological polar surface area (TPSA) is 62.3 Å². The summed E-state index contributed by atoms with van der Waals surface area (Å²) in [5, 5.41) is 3.45. The Morgan fingerprint density at radius 1 is 1.43 bits per heavy atom. The number of nitrogens with zero attached hydrogens (tertiary/aromatic N) is 2. The fourth-order valence-electron chi connectivity index (χ4n) is 2.35. The molecule has 0 spiro atoms. The number of rotatable bonds is 1. The molecule has 1 fully saturated rings. The maximum absolute atomic E-state index is 12.3. The molecule has 1 aromatic heterocycles. The van der Waals surface area contributed by atoms with Crippen molar-refractivity contribution in [3.05, 3.63) is 24.3 Å². The second kappa shape index (κ2) is 5.38. The fourth-order valence-corrected chi connectivity index (χ4v) is 4.44. The molecule has 7 heteroatoms. The van der Waals surface area contributed by atoms with Crippen LogP contribution in [0, 0.1) is 0 Å². The van der Waals surface area contributed by atoms with Crippen LogP contribution in [0.25, 0.3) is 10.2 Å². The summed E-state index contributed by atoms with van der Waals surface area (Å²) in [7, 11) is -0.881. The van der Waals surface area contributed by atoms with E-state index in [2.05, 4.69) is 10.3 Å². The van der Waals surface area contributed by atoms with Crippen LogP contribution in [-0.4, -0.2) is 43.7 Å². The van der Waals surface area contributed by atoms with Gasteiger partial charge in [-0.25, -0.2) is 9.78 Å². The molecular formula is C14H17N3O2S2. The largest absolute Gasteiger partial charge is 0.323 e. The predicted molar refractivity (Wildman–Crippen MR) is 87.3 cm³/mol. The first-order valence-corrected chi connectivity index (χ1v) is 8.89. The van der Waals surface area contributed by atoms with Crippen LogP contribution in [0.5, 0.6) is 0 Å². The number of fused-ring (bicyclic) bond motifs is 1. The first-order chi connectivity index (χ1) is 9.95. The molecule has 1 atom stereocenters. The van der Waals surface area contributed by atoms with Gasteiger partial charge in [0.25, 0.3) is 0 Å². The second-order valence-electron chi connectivity index (χ2n) is 5.65. The number of aromatic nitrogens is 1. The van der Waals surface area contributed by atoms with Gasteiger partial charge < -0.3 is 4.90 Å². The van der Waals surface area contributed by atoms with Gasteiger partial charge in [-0.1, -0.05) is 23.5 Å². The monoisotopic (exact) mass is 323 g/mol. The fraction of sp³-hybridized carbons (Fsp3) is 0.429. The molecule has 3 rings (SSSR count). The van der Waals surface area contributed by atoms with Gasteiger partial charge in [0, 0.05) is 29.6 Å². The highest BCUT2D eigenvalue weighted by molar-refractivity contribution is 7.86. The van der Waals surface area contributed by atoms with Gasteiger partial charge in [0.05, 0.1) is 15.0 Å². The van der Waals surface area contributed by atoms with E-state index in [1.54, 1.807) is 4.90 Å². The molecule has 0 aliphatic carbocycles. The Bertz CT molecular complexity index is 678. The first kappa shape index (κ1) is 14.5. The molecule has 0 unspecified atom stereocenters. The molecule has 1 saturated heterocycles. The van der Waals surface area contributed by atoms with Gasteiger partial charge in [0.2, 0.25) is 0 Å². The molecule has 1 N–H and O–H groups in total. The first-order valence-electron chi connectivity index (χ1n) is 6.76. The van der Waals surface area contributed by atoms with E-state index >= 15 is 0 Å². The lowest BCUT2D eigenvalue weighted by Gasteiger charge is -2.36. The van der Waals surface area contributed by atoms with Crippen molar-refractivity contribution >= 4 is 43.5 Å². The molecule has 1 aromatic carbocycles. The zero-order valence-corrected chi connectivity index (χ0v) is 13.6. The van der Waals surface area contributed by atoms with Crippen molar-refractivity contribution < 1.29 is 9.00 Å². The third-order valence-corrected chi connectivity index (χ3v) is 6.40. The quantitative estimate of drug-likeness (QED) is 0.877. The van der Waals surface area contributed by atoms with E-state index in [0.717, 1.165) is 10.2 Å². The maximum Gasteiger partial charge on any atom is 0.323 e. The van der Waals surface area contributed by atoms with Crippen molar-refractivity contribution in [2.45, 2.75) is 18.6 Å². The number of amides is 2. The number of para-hydroxylation sites is 1. The number of carbonyl (C=O) groups excluding carboxylic acids is 1. The summed E-state index contributed by atoms with van der Waals surface area (Å²) in [4.78, 5) is 18.4. The summed E-state index contributed by atoms with van der Waals surface area (Å²) < 4.78 is 12.6. The molecule has 0 bridgehead atoms. The van der Waals surface area contributed by atoms with Gasteiger partial charge in [-0.15, -0.1) is 0 Å². The number of nitrogens with one attached hydrogen (secondary N) is 1. The molecule has 2 amide bonds. The van der Waals surface area contributed by atoms with Gasteiger partial charge in [-0.3, -0.25) is 9.53 Å². The lowest BCUT2D eigenvalue weighted by atomic mass is 10.2. The summed E-state index contributed by atoms with van der Waals surface area (Å²) in [6.07, 6.45) is 0. The molecule has 1 aliphatic heterocycles. The van der Waals surface area contributed by atoms with Crippen molar-refractivity contribution in [3.63, 3.8) is 0 Å². The summed E-state index contributed by atoms with van der Waals surface area (Å²) in [6, 6.07) is 7.62. The summed E-state index contributed by atoms with van der Waals surface area (Å²) >= 11 is 1.46. The zero-order valence-electron chi connectivity index (χ0n) is 12.0. The van der Waals surface area contributed by atoms with Crippen LogP contribution < -0.4 is 5.32 Å². The third kappa shape index (κ3) is 2.94. The Kier molecular flexibility index (Phi) is 3.71. The molecule has 0 radical (unpaired) electrons. The number of hydrogen-bond acceptors (Lipinski definition) is 4. The van der Waals surface area contributed by atoms with E-state index < -0.39 is 10.8 Å². The van der Waals surface area contributed by atoms with Gasteiger partial charge in [0.15, 0.2) is 5.13 Å². The Morgan fingerprint density at radius 2 is 2.19 bits per heavy atom. The number of hydrogen-bond donors (Lipinski definition) is 1. The van der Waals surface area contributed by atoms with E-state index in [9.17, 15) is 9.00 Å². The van der Waals surface area contributed by atoms with Gasteiger partial charge >= 0.3 is 6.03 Å². The number of benzene rings is 1. The number of urea groups is 1. The summed E-state index contributed by atoms with van der Waals surface area (Å²) in [5.74, 6) is 0.528. The van der Waals surface area contributed by atoms with Crippen molar-refractivity contribution in [1.82, 2.24) is 9.88 Å². The van der Waals surface area contributed by atoms with Crippen LogP contribution in [0.1, 0.15) is 13.8 Å². The van der Waals surface area contributed by atoms with Crippen molar-refractivity contribution in [2.24, 2.45) is 0 Å². The minimum Gasteiger partial charge on any atom is -0.322 e. The third-order valence-electron chi connectivity index (χ3n) is 3.53. The SMILES string of the molecule is CC1(C)CN(C(=O)Nc2nc3ccccc3s2)CC[S@@]1=O. The van der Waals surface area contributed by atoms with Crippen LogP contribution in [0.4, 0.5) is 9.93 Å². The average Bonchev–Trinajstić information content (AvgIpc) is 2.83. The van der Waals surface area contributed by atoms with Crippen LogP contribution in [0.15, 0.2) is 24.3 Å². The number of carbonyl (C=O) groups is 1. The van der Waals surface area contributed by atoms with E-state index in [-0.39, 0.29) is 10.8 Å². The Balaban J connectivity index is 1.73. The standard InChI is InChI=1S/C14H17N3O2S2/c1-14(2)9-17(7-8-21(14)19)13(18)16-12-15-10-5-3-4-6-11(10)20-12/h3-6H,7-9H2,1-2H3,(H,15,16,18)/t21-/m0/s1. The van der Waals surface area contributed by atoms with E-state index in [1.807, 2.05) is 38.1 Å². The van der Waals surface area contributed by atoms with E-state index in [0.29, 0.717) is 24.0 Å². The van der Waals surface area contributed by atoms with Gasteiger partial charge in [0.1, 0.15) is 0 Å². The minimum absolute atomic E-state index is 0.168. The van der Waals surface area contributed by atoms with Crippen molar-refractivity contribution in [1.29, 1.82) is 0 Å². The van der Waals surface area contributed by atoms with Crippen LogP contribution in [0.3, 0.4) is 0 Å². The normalized spacial score (nSPS) is 21.4. The second-order valence-corrected chi connectivity index (χ2v) is 8.88. The van der Waals surface area contributed by atoms with Crippen LogP contribution >= 0.6 is 11.3 Å². The molecule has 21 heavy (non-hydrogen) atoms. The number of thiazole rings is 1. The van der Waals surface area contributed by atoms with E-state index in [1.165, 1.54) is 11.3 Å². The summed E-state index contributed by atoms with van der Waals surface area (Å²) in [5.41, 5.74) is 0.887. The van der Waals surface area contributed by atoms with Gasteiger partial charge in [-0.2, -0.15) is 0 Å². The highest BCUT2D eigenvalue weighted by Gasteiger charge is 2.35. The minimum atomic E-state index is -0.881. The molecule has 2 aromatic rings. The van der Waals surface area contributed by atoms with Crippen LogP contribution in [0.2, 0.25) is 0 Å². The Morgan fingerprint density at radius 3 is 2.90 bits per heavy atom. The highest BCUT2D eigenvalue weighted by atomic mass is 32.2. The zero-order chi connectivity index (χ0) is 15.0. The Labute approximate surface area is 129 Å². The lowest BCUT2D eigenvalue weighted by molar-refractivity contribution is 0.207. The molecule has 5 nitrogen and oxygen atoms in total. The summed E-state index contributed by atoms with van der Waals surface area (Å²) in [6.45, 7) is 4.88. The lowest BCUT2D eigenvalue weighted by Crippen LogP contribution is -2.53. The number of anilines is 1. The molecular weight excluding hydrogens is 306 g/mol. The highest BCUT2D eigenvalue weighted by Crippen LogP contribution is 2.26. The smallest absolute Gasteiger partial charge is 0.322 e. The maximum atomic E-state index is 12.3. The van der Waals surface area contributed by atoms with Gasteiger partial charge in [-0.05, 0) is 26.0 Å². The molecule has 112 valence electrons. The molecule has 1 aliphatic rings. The van der Waals surface area contributed by atoms with Crippen molar-refractivity contribution in [3.8, 4) is 0 Å². The molecule has 2 heterocycles. The average molecular weight is 323 g/mol.